The fourth-order valence-corrected chi connectivity index (χ4v) is 4.25. The maximum absolute atomic E-state index is 13.0. The van der Waals surface area contributed by atoms with Crippen molar-refractivity contribution in [3.05, 3.63) is 71.1 Å². The Morgan fingerprint density at radius 1 is 1.10 bits per heavy atom. The Hall–Kier alpha value is -4.18. The van der Waals surface area contributed by atoms with Crippen molar-refractivity contribution in [1.82, 2.24) is 24.6 Å². The molecule has 0 spiro atoms. The molecule has 0 atom stereocenters. The normalized spacial score (nSPS) is 11.1. The molecule has 5 rings (SSSR count). The average Bonchev–Trinajstić information content (AvgIpc) is 3.36. The van der Waals surface area contributed by atoms with Crippen LogP contribution in [0.5, 0.6) is 0 Å². The molecular weight excluding hydrogens is 414 g/mol. The van der Waals surface area contributed by atoms with Gasteiger partial charge in [-0.3, -0.25) is 9.59 Å². The number of nitrogens with two attached hydrogens (primary N) is 1. The number of rotatable bonds is 4. The van der Waals surface area contributed by atoms with E-state index in [-0.39, 0.29) is 10.7 Å². The SMILES string of the molecule is Cc1cc(-c2ccccc2)n2nc(C(=O)Nc3c(C(N)=O)sc4ncccc34)nc2n1. The molecule has 1 aromatic carbocycles. The van der Waals surface area contributed by atoms with Crippen molar-refractivity contribution in [3.8, 4) is 11.3 Å². The molecule has 0 aliphatic carbocycles. The number of benzene rings is 1. The van der Waals surface area contributed by atoms with Crippen LogP contribution < -0.4 is 11.1 Å². The summed E-state index contributed by atoms with van der Waals surface area (Å²) in [7, 11) is 0. The lowest BCUT2D eigenvalue weighted by Crippen LogP contribution is -2.17. The standard InChI is InChI=1S/C21H15N7O2S/c1-11-10-14(12-6-3-2-4-7-12)28-21(24-11)26-18(27-28)19(30)25-15-13-8-5-9-23-20(13)31-16(15)17(22)29/h2-10H,1H3,(H2,22,29)(H,25,30). The highest BCUT2D eigenvalue weighted by Gasteiger charge is 2.22. The first-order valence-corrected chi connectivity index (χ1v) is 10.1. The van der Waals surface area contributed by atoms with E-state index < -0.39 is 11.8 Å². The van der Waals surface area contributed by atoms with E-state index in [0.29, 0.717) is 21.7 Å². The van der Waals surface area contributed by atoms with Gasteiger partial charge in [-0.25, -0.2) is 9.97 Å². The maximum Gasteiger partial charge on any atom is 0.295 e. The van der Waals surface area contributed by atoms with Crippen LogP contribution in [-0.4, -0.2) is 36.4 Å². The van der Waals surface area contributed by atoms with Crippen LogP contribution in [0.15, 0.2) is 54.7 Å². The number of pyridine rings is 1. The highest BCUT2D eigenvalue weighted by molar-refractivity contribution is 7.21. The monoisotopic (exact) mass is 429 g/mol. The first kappa shape index (κ1) is 18.8. The number of nitrogens with one attached hydrogen (secondary N) is 1. The Labute approximate surface area is 179 Å². The summed E-state index contributed by atoms with van der Waals surface area (Å²) >= 11 is 1.12. The largest absolute Gasteiger partial charge is 0.365 e. The van der Waals surface area contributed by atoms with Crippen LogP contribution in [0.2, 0.25) is 0 Å². The Balaban J connectivity index is 1.58. The number of thiophene rings is 1. The molecule has 0 saturated carbocycles. The van der Waals surface area contributed by atoms with E-state index in [2.05, 4.69) is 25.4 Å². The first-order chi connectivity index (χ1) is 15.0. The van der Waals surface area contributed by atoms with Gasteiger partial charge in [-0.2, -0.15) is 9.50 Å². The van der Waals surface area contributed by atoms with E-state index in [4.69, 9.17) is 5.73 Å². The number of hydrogen-bond donors (Lipinski definition) is 2. The average molecular weight is 429 g/mol. The van der Waals surface area contributed by atoms with Crippen LogP contribution in [0.4, 0.5) is 5.69 Å². The van der Waals surface area contributed by atoms with Crippen molar-refractivity contribution < 1.29 is 9.59 Å². The summed E-state index contributed by atoms with van der Waals surface area (Å²) in [4.78, 5) is 38.6. The summed E-state index contributed by atoms with van der Waals surface area (Å²) in [6, 6.07) is 15.0. The quantitative estimate of drug-likeness (QED) is 0.452. The Morgan fingerprint density at radius 2 is 1.90 bits per heavy atom. The number of amides is 2. The van der Waals surface area contributed by atoms with Gasteiger partial charge >= 0.3 is 0 Å². The smallest absolute Gasteiger partial charge is 0.295 e. The predicted molar refractivity (Wildman–Crippen MR) is 117 cm³/mol. The van der Waals surface area contributed by atoms with Crippen molar-refractivity contribution in [2.45, 2.75) is 6.92 Å². The first-order valence-electron chi connectivity index (χ1n) is 9.30. The minimum atomic E-state index is -0.648. The van der Waals surface area contributed by atoms with Gasteiger partial charge in [0.2, 0.25) is 5.82 Å². The van der Waals surface area contributed by atoms with Gasteiger partial charge in [0.1, 0.15) is 9.71 Å². The van der Waals surface area contributed by atoms with Crippen molar-refractivity contribution in [2.24, 2.45) is 5.73 Å². The molecular formula is C21H15N7O2S. The van der Waals surface area contributed by atoms with E-state index in [9.17, 15) is 9.59 Å². The summed E-state index contributed by atoms with van der Waals surface area (Å²) in [5, 5.41) is 7.72. The van der Waals surface area contributed by atoms with Crippen LogP contribution in [0.3, 0.4) is 0 Å². The Bertz CT molecular complexity index is 1470. The highest BCUT2D eigenvalue weighted by atomic mass is 32.1. The molecule has 4 aromatic heterocycles. The lowest BCUT2D eigenvalue weighted by Gasteiger charge is -2.05. The molecule has 0 aliphatic heterocycles. The number of hydrogen-bond acceptors (Lipinski definition) is 7. The molecule has 0 aliphatic rings. The maximum atomic E-state index is 13.0. The minimum Gasteiger partial charge on any atom is -0.365 e. The van der Waals surface area contributed by atoms with Crippen LogP contribution in [-0.2, 0) is 0 Å². The molecule has 4 heterocycles. The van der Waals surface area contributed by atoms with Gasteiger partial charge in [0, 0.05) is 22.8 Å². The third kappa shape index (κ3) is 3.28. The van der Waals surface area contributed by atoms with Crippen molar-refractivity contribution in [1.29, 1.82) is 0 Å². The van der Waals surface area contributed by atoms with E-state index in [1.807, 2.05) is 43.3 Å². The van der Waals surface area contributed by atoms with Gasteiger partial charge in [0.15, 0.2) is 0 Å². The molecule has 10 heteroatoms. The zero-order valence-electron chi connectivity index (χ0n) is 16.2. The number of carbonyl (C=O) groups is 2. The lowest BCUT2D eigenvalue weighted by molar-refractivity contribution is 0.100. The molecule has 0 bridgehead atoms. The molecule has 0 radical (unpaired) electrons. The minimum absolute atomic E-state index is 0.0751. The molecule has 0 unspecified atom stereocenters. The van der Waals surface area contributed by atoms with E-state index in [1.54, 1.807) is 18.3 Å². The lowest BCUT2D eigenvalue weighted by atomic mass is 10.1. The molecule has 9 nitrogen and oxygen atoms in total. The van der Waals surface area contributed by atoms with Crippen LogP contribution in [0.1, 0.15) is 26.0 Å². The van der Waals surface area contributed by atoms with Crippen LogP contribution >= 0.6 is 11.3 Å². The number of anilines is 1. The molecule has 152 valence electrons. The summed E-state index contributed by atoms with van der Waals surface area (Å²) < 4.78 is 1.53. The number of aromatic nitrogens is 5. The van der Waals surface area contributed by atoms with E-state index in [0.717, 1.165) is 28.3 Å². The van der Waals surface area contributed by atoms with Gasteiger partial charge in [-0.05, 0) is 25.1 Å². The number of nitrogens with zero attached hydrogens (tertiary/aromatic N) is 5. The molecule has 0 saturated heterocycles. The van der Waals surface area contributed by atoms with E-state index in [1.165, 1.54) is 4.52 Å². The predicted octanol–water partition coefficient (Wildman–Crippen LogP) is 3.06. The summed E-state index contributed by atoms with van der Waals surface area (Å²) in [5.74, 6) is -0.997. The second-order valence-corrected chi connectivity index (χ2v) is 7.78. The number of carbonyl (C=O) groups excluding carboxylic acids is 2. The summed E-state index contributed by atoms with van der Waals surface area (Å²) in [6.45, 7) is 1.85. The van der Waals surface area contributed by atoms with Crippen molar-refractivity contribution in [2.75, 3.05) is 5.32 Å². The van der Waals surface area contributed by atoms with Gasteiger partial charge in [-0.15, -0.1) is 16.4 Å². The molecule has 2 amide bonds. The van der Waals surface area contributed by atoms with Gasteiger partial charge in [0.05, 0.1) is 11.4 Å². The second kappa shape index (κ2) is 7.26. The van der Waals surface area contributed by atoms with Gasteiger partial charge in [-0.1, -0.05) is 30.3 Å². The topological polar surface area (TPSA) is 128 Å². The van der Waals surface area contributed by atoms with Gasteiger partial charge in [0.25, 0.3) is 17.6 Å². The Kier molecular flexibility index (Phi) is 4.41. The number of fused-ring (bicyclic) bond motifs is 2. The van der Waals surface area contributed by atoms with Crippen molar-refractivity contribution >= 4 is 44.8 Å². The fraction of sp³-hybridized carbons (Fsp3) is 0.0476. The zero-order valence-corrected chi connectivity index (χ0v) is 17.1. The highest BCUT2D eigenvalue weighted by Crippen LogP contribution is 2.34. The molecule has 31 heavy (non-hydrogen) atoms. The van der Waals surface area contributed by atoms with Crippen LogP contribution in [0, 0.1) is 6.92 Å². The second-order valence-electron chi connectivity index (χ2n) is 6.78. The van der Waals surface area contributed by atoms with Gasteiger partial charge < -0.3 is 11.1 Å². The fourth-order valence-electron chi connectivity index (χ4n) is 3.30. The zero-order chi connectivity index (χ0) is 21.5. The molecule has 5 aromatic rings. The third-order valence-electron chi connectivity index (χ3n) is 4.64. The summed E-state index contributed by atoms with van der Waals surface area (Å²) in [6.07, 6.45) is 1.61. The van der Waals surface area contributed by atoms with E-state index >= 15 is 0 Å². The third-order valence-corrected chi connectivity index (χ3v) is 5.77. The summed E-state index contributed by atoms with van der Waals surface area (Å²) in [5.41, 5.74) is 8.23. The number of primary amides is 1. The Morgan fingerprint density at radius 3 is 2.68 bits per heavy atom. The molecule has 3 N–H and O–H groups in total. The number of aryl methyl sites for hydroxylation is 1. The van der Waals surface area contributed by atoms with Crippen molar-refractivity contribution in [3.63, 3.8) is 0 Å². The molecule has 0 fully saturated rings. The van der Waals surface area contributed by atoms with Crippen LogP contribution in [0.25, 0.3) is 27.3 Å².